The predicted octanol–water partition coefficient (Wildman–Crippen LogP) is 2.47. The Morgan fingerprint density at radius 1 is 1.14 bits per heavy atom. The number of benzene rings is 1. The van der Waals surface area contributed by atoms with E-state index >= 15 is 0 Å². The molecule has 9 nitrogen and oxygen atoms in total. The predicted molar refractivity (Wildman–Crippen MR) is 136 cm³/mol. The summed E-state index contributed by atoms with van der Waals surface area (Å²) in [7, 11) is 0. The molecule has 2 amide bonds. The van der Waals surface area contributed by atoms with Crippen LogP contribution in [-0.2, 0) is 4.79 Å². The van der Waals surface area contributed by atoms with Gasteiger partial charge in [-0.15, -0.1) is 0 Å². The summed E-state index contributed by atoms with van der Waals surface area (Å²) < 4.78 is 15.4. The van der Waals surface area contributed by atoms with E-state index < -0.39 is 0 Å². The highest BCUT2D eigenvalue weighted by Gasteiger charge is 2.42. The number of rotatable bonds is 8. The van der Waals surface area contributed by atoms with E-state index in [0.29, 0.717) is 42.0 Å². The normalized spacial score (nSPS) is 20.2. The summed E-state index contributed by atoms with van der Waals surface area (Å²) in [4.78, 5) is 37.9. The van der Waals surface area contributed by atoms with Crippen LogP contribution in [0, 0.1) is 31.5 Å². The largest absolute Gasteiger partial charge is 0.370 e. The van der Waals surface area contributed by atoms with Crippen molar-refractivity contribution in [3.63, 3.8) is 0 Å². The molecular formula is C27H32FN7O2. The van der Waals surface area contributed by atoms with Crippen molar-refractivity contribution in [1.29, 1.82) is 0 Å². The van der Waals surface area contributed by atoms with Crippen LogP contribution in [0.5, 0.6) is 0 Å². The van der Waals surface area contributed by atoms with Gasteiger partial charge in [-0.2, -0.15) is 5.10 Å². The number of aryl methyl sites for hydroxylation is 1. The Kier molecular flexibility index (Phi) is 7.01. The third-order valence-corrected chi connectivity index (χ3v) is 7.68. The van der Waals surface area contributed by atoms with E-state index in [2.05, 4.69) is 20.0 Å². The number of likely N-dealkylation sites (tertiary alicyclic amines) is 2. The van der Waals surface area contributed by atoms with Crippen molar-refractivity contribution in [2.24, 2.45) is 17.6 Å². The van der Waals surface area contributed by atoms with Gasteiger partial charge in [0.1, 0.15) is 5.82 Å². The van der Waals surface area contributed by atoms with Gasteiger partial charge in [-0.1, -0.05) is 12.1 Å². The molecule has 2 saturated heterocycles. The molecule has 1 aromatic carbocycles. The highest BCUT2D eigenvalue weighted by Crippen LogP contribution is 2.34. The van der Waals surface area contributed by atoms with Gasteiger partial charge in [-0.25, -0.2) is 14.1 Å². The molecule has 2 aliphatic rings. The molecule has 2 aromatic heterocycles. The van der Waals surface area contributed by atoms with Crippen LogP contribution >= 0.6 is 0 Å². The lowest BCUT2D eigenvalue weighted by Gasteiger charge is -2.24. The molecule has 0 saturated carbocycles. The van der Waals surface area contributed by atoms with E-state index in [0.717, 1.165) is 37.3 Å². The van der Waals surface area contributed by atoms with Gasteiger partial charge in [0.2, 0.25) is 5.91 Å². The number of amides is 2. The maximum atomic E-state index is 13.8. The van der Waals surface area contributed by atoms with E-state index in [1.54, 1.807) is 29.3 Å². The molecule has 37 heavy (non-hydrogen) atoms. The van der Waals surface area contributed by atoms with Gasteiger partial charge in [0.05, 0.1) is 23.1 Å². The number of aromatic nitrogens is 4. The number of halogens is 1. The van der Waals surface area contributed by atoms with Crippen LogP contribution in [0.15, 0.2) is 42.9 Å². The molecule has 0 spiro atoms. The Morgan fingerprint density at radius 3 is 2.54 bits per heavy atom. The SMILES string of the molecule is Cc1nn(-c2cnccn2)c(C)c1C(=O)N1CC2CN(CC[C@@H](CC(N)=O)c3cccc(F)c3)CC2C1. The lowest BCUT2D eigenvalue weighted by atomic mass is 9.92. The monoisotopic (exact) mass is 505 g/mol. The van der Waals surface area contributed by atoms with Crippen molar-refractivity contribution in [2.45, 2.75) is 32.6 Å². The van der Waals surface area contributed by atoms with Crippen molar-refractivity contribution in [1.82, 2.24) is 29.5 Å². The zero-order valence-electron chi connectivity index (χ0n) is 21.2. The fourth-order valence-corrected chi connectivity index (χ4v) is 5.90. The molecular weight excluding hydrogens is 473 g/mol. The van der Waals surface area contributed by atoms with Crippen LogP contribution in [0.3, 0.4) is 0 Å². The molecule has 0 bridgehead atoms. The van der Waals surface area contributed by atoms with Gasteiger partial charge in [-0.3, -0.25) is 14.6 Å². The molecule has 194 valence electrons. The summed E-state index contributed by atoms with van der Waals surface area (Å²) in [6.07, 6.45) is 5.77. The van der Waals surface area contributed by atoms with Crippen molar-refractivity contribution in [3.05, 3.63) is 71.2 Å². The van der Waals surface area contributed by atoms with Crippen LogP contribution in [0.4, 0.5) is 4.39 Å². The number of primary amides is 1. The first-order chi connectivity index (χ1) is 17.8. The summed E-state index contributed by atoms with van der Waals surface area (Å²) in [6, 6.07) is 6.43. The van der Waals surface area contributed by atoms with E-state index in [9.17, 15) is 14.0 Å². The fraction of sp³-hybridized carbons (Fsp3) is 0.444. The first kappa shape index (κ1) is 25.0. The minimum Gasteiger partial charge on any atom is -0.370 e. The standard InChI is InChI=1S/C27H32FN7O2/c1-17-26(18(2)35(32-17)25-12-30-7-8-31-25)27(37)34-15-21-13-33(14-22(21)16-34)9-6-20(11-24(29)36)19-4-3-5-23(28)10-19/h3-5,7-8,10,12,20-22H,6,9,11,13-16H2,1-2H3,(H2,29,36)/t20-,21?,22?/m0/s1. The van der Waals surface area contributed by atoms with E-state index in [1.165, 1.54) is 12.1 Å². The summed E-state index contributed by atoms with van der Waals surface area (Å²) in [5.41, 5.74) is 8.37. The van der Waals surface area contributed by atoms with Gasteiger partial charge >= 0.3 is 0 Å². The van der Waals surface area contributed by atoms with Gasteiger partial charge in [0.15, 0.2) is 5.82 Å². The van der Waals surface area contributed by atoms with Crippen molar-refractivity contribution in [2.75, 3.05) is 32.7 Å². The Bertz CT molecular complexity index is 1280. The number of hydrogen-bond donors (Lipinski definition) is 1. The number of carbonyl (C=O) groups excluding carboxylic acids is 2. The average molecular weight is 506 g/mol. The molecule has 4 heterocycles. The molecule has 2 unspecified atom stereocenters. The minimum atomic E-state index is -0.380. The molecule has 10 heteroatoms. The molecule has 2 N–H and O–H groups in total. The van der Waals surface area contributed by atoms with Crippen LogP contribution in [-0.4, -0.2) is 74.1 Å². The second kappa shape index (κ2) is 10.4. The second-order valence-electron chi connectivity index (χ2n) is 10.2. The van der Waals surface area contributed by atoms with Crippen molar-refractivity contribution in [3.8, 4) is 5.82 Å². The van der Waals surface area contributed by atoms with Gasteiger partial charge < -0.3 is 15.5 Å². The molecule has 5 rings (SSSR count). The number of carbonyl (C=O) groups is 2. The first-order valence-corrected chi connectivity index (χ1v) is 12.7. The molecule has 0 radical (unpaired) electrons. The Hall–Kier alpha value is -3.66. The molecule has 2 aliphatic heterocycles. The molecule has 2 fully saturated rings. The number of fused-ring (bicyclic) bond motifs is 1. The number of nitrogens with zero attached hydrogens (tertiary/aromatic N) is 6. The zero-order valence-corrected chi connectivity index (χ0v) is 21.2. The van der Waals surface area contributed by atoms with Crippen LogP contribution in [0.1, 0.15) is 46.1 Å². The highest BCUT2D eigenvalue weighted by molar-refractivity contribution is 5.96. The summed E-state index contributed by atoms with van der Waals surface area (Å²) in [5, 5.41) is 4.55. The van der Waals surface area contributed by atoms with E-state index in [1.807, 2.05) is 24.8 Å². The Balaban J connectivity index is 1.20. The quantitative estimate of drug-likeness (QED) is 0.504. The van der Waals surface area contributed by atoms with Crippen molar-refractivity contribution >= 4 is 11.8 Å². The lowest BCUT2D eigenvalue weighted by Crippen LogP contribution is -2.34. The van der Waals surface area contributed by atoms with E-state index in [4.69, 9.17) is 5.73 Å². The fourth-order valence-electron chi connectivity index (χ4n) is 5.90. The molecule has 3 aromatic rings. The average Bonchev–Trinajstić information content (AvgIpc) is 3.53. The first-order valence-electron chi connectivity index (χ1n) is 12.7. The van der Waals surface area contributed by atoms with E-state index in [-0.39, 0.29) is 30.0 Å². The van der Waals surface area contributed by atoms with Gasteiger partial charge in [0.25, 0.3) is 5.91 Å². The topological polar surface area (TPSA) is 110 Å². The zero-order chi connectivity index (χ0) is 26.1. The minimum absolute atomic E-state index is 0.0127. The summed E-state index contributed by atoms with van der Waals surface area (Å²) in [5.74, 6) is 0.618. The Labute approximate surface area is 215 Å². The van der Waals surface area contributed by atoms with Crippen molar-refractivity contribution < 1.29 is 14.0 Å². The van der Waals surface area contributed by atoms with Gasteiger partial charge in [-0.05, 0) is 62.3 Å². The third-order valence-electron chi connectivity index (χ3n) is 7.68. The third kappa shape index (κ3) is 5.24. The van der Waals surface area contributed by atoms with Crippen LogP contribution in [0.25, 0.3) is 5.82 Å². The smallest absolute Gasteiger partial charge is 0.257 e. The van der Waals surface area contributed by atoms with Crippen LogP contribution in [0.2, 0.25) is 0 Å². The molecule has 3 atom stereocenters. The van der Waals surface area contributed by atoms with Gasteiger partial charge in [0, 0.05) is 45.0 Å². The summed E-state index contributed by atoms with van der Waals surface area (Å²) >= 11 is 0. The van der Waals surface area contributed by atoms with Crippen LogP contribution < -0.4 is 5.73 Å². The lowest BCUT2D eigenvalue weighted by molar-refractivity contribution is -0.118. The molecule has 0 aliphatic carbocycles. The number of nitrogens with two attached hydrogens (primary N) is 1. The maximum absolute atomic E-state index is 13.8. The second-order valence-corrected chi connectivity index (χ2v) is 10.2. The highest BCUT2D eigenvalue weighted by atomic mass is 19.1. The summed E-state index contributed by atoms with van der Waals surface area (Å²) in [6.45, 7) is 7.77. The Morgan fingerprint density at radius 2 is 1.89 bits per heavy atom. The maximum Gasteiger partial charge on any atom is 0.257 e. The number of hydrogen-bond acceptors (Lipinski definition) is 6.